The number of aryl methyl sites for hydroxylation is 1. The van der Waals surface area contributed by atoms with E-state index in [-0.39, 0.29) is 12.3 Å². The highest BCUT2D eigenvalue weighted by molar-refractivity contribution is 5.86. The summed E-state index contributed by atoms with van der Waals surface area (Å²) in [5.41, 5.74) is -1.19. The first-order valence-corrected chi connectivity index (χ1v) is 5.95. The normalized spacial score (nSPS) is 11.3. The highest BCUT2D eigenvalue weighted by atomic mass is 16.4. The molecule has 0 atom stereocenters. The summed E-state index contributed by atoms with van der Waals surface area (Å²) in [6, 6.07) is 3.56. The molecule has 0 aromatic carbocycles. The number of carboxylic acids is 1. The lowest BCUT2D eigenvalue weighted by Gasteiger charge is -2.34. The van der Waals surface area contributed by atoms with Crippen molar-refractivity contribution in [2.24, 2.45) is 0 Å². The van der Waals surface area contributed by atoms with Crippen LogP contribution in [0.2, 0.25) is 0 Å². The second-order valence-electron chi connectivity index (χ2n) is 4.58. The first kappa shape index (κ1) is 14.3. The van der Waals surface area contributed by atoms with E-state index in [0.717, 1.165) is 5.76 Å². The number of nitrogens with zero attached hydrogens (tertiary/aromatic N) is 1. The van der Waals surface area contributed by atoms with E-state index in [1.54, 1.807) is 25.3 Å². The van der Waals surface area contributed by atoms with Crippen LogP contribution in [-0.4, -0.2) is 34.0 Å². The zero-order valence-electron chi connectivity index (χ0n) is 11.0. The van der Waals surface area contributed by atoms with Crippen molar-refractivity contribution in [3.63, 3.8) is 0 Å². The lowest BCUT2D eigenvalue weighted by atomic mass is 10.0. The molecule has 0 radical (unpaired) electrons. The Morgan fingerprint density at radius 1 is 1.44 bits per heavy atom. The molecule has 0 saturated heterocycles. The molecule has 0 aliphatic rings. The van der Waals surface area contributed by atoms with Gasteiger partial charge in [-0.05, 0) is 32.9 Å². The number of hydrogen-bond acceptors (Lipinski definition) is 3. The van der Waals surface area contributed by atoms with Crippen LogP contribution in [0.1, 0.15) is 33.0 Å². The number of aliphatic carboxylic acids is 1. The molecule has 5 nitrogen and oxygen atoms in total. The van der Waals surface area contributed by atoms with Gasteiger partial charge in [0.2, 0.25) is 5.91 Å². The number of carbonyl (C=O) groups excluding carboxylic acids is 1. The maximum Gasteiger partial charge on any atom is 0.329 e. The lowest BCUT2D eigenvalue weighted by Crippen LogP contribution is -2.52. The van der Waals surface area contributed by atoms with Gasteiger partial charge in [-0.3, -0.25) is 4.79 Å². The number of furan rings is 1. The minimum atomic E-state index is -1.19. The van der Waals surface area contributed by atoms with Gasteiger partial charge in [-0.25, -0.2) is 4.79 Å². The molecule has 0 fully saturated rings. The van der Waals surface area contributed by atoms with Crippen molar-refractivity contribution < 1.29 is 19.1 Å². The molecule has 100 valence electrons. The minimum absolute atomic E-state index is 0.179. The van der Waals surface area contributed by atoms with Crippen LogP contribution in [0.5, 0.6) is 0 Å². The van der Waals surface area contributed by atoms with Gasteiger partial charge >= 0.3 is 5.97 Å². The monoisotopic (exact) mass is 253 g/mol. The Morgan fingerprint density at radius 3 is 2.56 bits per heavy atom. The maximum atomic E-state index is 12.0. The van der Waals surface area contributed by atoms with Crippen LogP contribution in [0, 0.1) is 0 Å². The third-order valence-corrected chi connectivity index (χ3v) is 2.98. The van der Waals surface area contributed by atoms with Crippen LogP contribution in [-0.2, 0) is 16.0 Å². The summed E-state index contributed by atoms with van der Waals surface area (Å²) in [6.07, 6.45) is 2.29. The number of carbonyl (C=O) groups is 2. The van der Waals surface area contributed by atoms with Crippen LogP contribution in [0.4, 0.5) is 0 Å². The van der Waals surface area contributed by atoms with E-state index in [0.29, 0.717) is 13.0 Å². The van der Waals surface area contributed by atoms with Crippen LogP contribution in [0.15, 0.2) is 22.8 Å². The molecule has 1 aromatic rings. The first-order chi connectivity index (χ1) is 8.39. The molecule has 1 N–H and O–H groups in total. The summed E-state index contributed by atoms with van der Waals surface area (Å²) < 4.78 is 5.14. The van der Waals surface area contributed by atoms with E-state index >= 15 is 0 Å². The fraction of sp³-hybridized carbons (Fsp3) is 0.538. The minimum Gasteiger partial charge on any atom is -0.480 e. The van der Waals surface area contributed by atoms with Crippen molar-refractivity contribution in [3.8, 4) is 0 Å². The molecule has 5 heteroatoms. The molecule has 0 unspecified atom stereocenters. The number of carboxylic acid groups (broad SMARTS) is 1. The smallest absolute Gasteiger partial charge is 0.329 e. The van der Waals surface area contributed by atoms with Gasteiger partial charge < -0.3 is 14.4 Å². The van der Waals surface area contributed by atoms with Gasteiger partial charge in [0.25, 0.3) is 0 Å². The molecule has 0 saturated carbocycles. The van der Waals surface area contributed by atoms with E-state index in [1.807, 2.05) is 0 Å². The molecule has 1 heterocycles. The summed E-state index contributed by atoms with van der Waals surface area (Å²) in [7, 11) is 0. The molecule has 0 aliphatic heterocycles. The topological polar surface area (TPSA) is 70.8 Å². The highest BCUT2D eigenvalue weighted by Crippen LogP contribution is 2.17. The average Bonchev–Trinajstić information content (AvgIpc) is 2.79. The fourth-order valence-electron chi connectivity index (χ4n) is 1.82. The lowest BCUT2D eigenvalue weighted by molar-refractivity contribution is -0.156. The van der Waals surface area contributed by atoms with Gasteiger partial charge in [0.05, 0.1) is 6.26 Å². The van der Waals surface area contributed by atoms with Gasteiger partial charge in [-0.2, -0.15) is 0 Å². The van der Waals surface area contributed by atoms with Crippen LogP contribution < -0.4 is 0 Å². The quantitative estimate of drug-likeness (QED) is 0.840. The Bertz CT molecular complexity index is 409. The second kappa shape index (κ2) is 5.71. The van der Waals surface area contributed by atoms with Crippen molar-refractivity contribution in [2.45, 2.75) is 39.2 Å². The van der Waals surface area contributed by atoms with Crippen molar-refractivity contribution >= 4 is 11.9 Å². The third-order valence-electron chi connectivity index (χ3n) is 2.98. The molecule has 1 aromatic heterocycles. The molecule has 0 aliphatic carbocycles. The summed E-state index contributed by atoms with van der Waals surface area (Å²) in [5, 5.41) is 9.13. The Hall–Kier alpha value is -1.78. The van der Waals surface area contributed by atoms with E-state index < -0.39 is 11.5 Å². The number of hydrogen-bond donors (Lipinski definition) is 1. The number of amides is 1. The molecule has 0 bridgehead atoms. The van der Waals surface area contributed by atoms with E-state index in [4.69, 9.17) is 9.52 Å². The Kier molecular flexibility index (Phi) is 4.53. The Labute approximate surface area is 106 Å². The zero-order valence-corrected chi connectivity index (χ0v) is 11.0. The molecule has 1 amide bonds. The van der Waals surface area contributed by atoms with Crippen molar-refractivity contribution in [1.82, 2.24) is 4.90 Å². The van der Waals surface area contributed by atoms with E-state index in [2.05, 4.69) is 0 Å². The average molecular weight is 253 g/mol. The summed E-state index contributed by atoms with van der Waals surface area (Å²) in [6.45, 7) is 5.21. The standard InChI is InChI=1S/C13H19NO4/c1-4-14(13(2,3)12(16)17)11(15)8-7-10-6-5-9-18-10/h5-6,9H,4,7-8H2,1-3H3,(H,16,17). The second-order valence-corrected chi connectivity index (χ2v) is 4.58. The van der Waals surface area contributed by atoms with Gasteiger partial charge in [0.1, 0.15) is 11.3 Å². The van der Waals surface area contributed by atoms with Crippen molar-refractivity contribution in [2.75, 3.05) is 6.54 Å². The predicted octanol–water partition coefficient (Wildman–Crippen LogP) is 1.92. The Balaban J connectivity index is 2.65. The zero-order chi connectivity index (χ0) is 13.8. The van der Waals surface area contributed by atoms with Crippen LogP contribution >= 0.6 is 0 Å². The Morgan fingerprint density at radius 2 is 2.11 bits per heavy atom. The van der Waals surface area contributed by atoms with Gasteiger partial charge in [-0.1, -0.05) is 0 Å². The molecular weight excluding hydrogens is 234 g/mol. The highest BCUT2D eigenvalue weighted by Gasteiger charge is 2.36. The molecular formula is C13H19NO4. The first-order valence-electron chi connectivity index (χ1n) is 5.95. The van der Waals surface area contributed by atoms with Crippen LogP contribution in [0.3, 0.4) is 0 Å². The van der Waals surface area contributed by atoms with Crippen molar-refractivity contribution in [1.29, 1.82) is 0 Å². The summed E-state index contributed by atoms with van der Waals surface area (Å²) in [4.78, 5) is 24.6. The van der Waals surface area contributed by atoms with Gasteiger partial charge in [0.15, 0.2) is 0 Å². The SMILES string of the molecule is CCN(C(=O)CCc1ccco1)C(C)(C)C(=O)O. The predicted molar refractivity (Wildman–Crippen MR) is 66.1 cm³/mol. The van der Waals surface area contributed by atoms with Gasteiger partial charge in [-0.15, -0.1) is 0 Å². The molecule has 1 rings (SSSR count). The van der Waals surface area contributed by atoms with Crippen LogP contribution in [0.25, 0.3) is 0 Å². The number of rotatable bonds is 6. The third kappa shape index (κ3) is 3.12. The van der Waals surface area contributed by atoms with Gasteiger partial charge in [0, 0.05) is 19.4 Å². The molecule has 0 spiro atoms. The largest absolute Gasteiger partial charge is 0.480 e. The number of likely N-dealkylation sites (N-methyl/N-ethyl adjacent to an activating group) is 1. The van der Waals surface area contributed by atoms with E-state index in [9.17, 15) is 9.59 Å². The maximum absolute atomic E-state index is 12.0. The van der Waals surface area contributed by atoms with E-state index in [1.165, 1.54) is 18.7 Å². The summed E-state index contributed by atoms with van der Waals surface area (Å²) in [5.74, 6) is -0.454. The summed E-state index contributed by atoms with van der Waals surface area (Å²) >= 11 is 0. The van der Waals surface area contributed by atoms with Crippen molar-refractivity contribution in [3.05, 3.63) is 24.2 Å². The molecule has 18 heavy (non-hydrogen) atoms. The fourth-order valence-corrected chi connectivity index (χ4v) is 1.82.